The Labute approximate surface area is 285 Å². The average molecular weight is 729 g/mol. The van der Waals surface area contributed by atoms with Gasteiger partial charge in [-0.05, 0) is 63.9 Å². The van der Waals surface area contributed by atoms with Crippen LogP contribution < -0.4 is 26.8 Å². The summed E-state index contributed by atoms with van der Waals surface area (Å²) in [6, 6.07) is 25.5. The van der Waals surface area contributed by atoms with Crippen molar-refractivity contribution in [3.63, 3.8) is 0 Å². The highest BCUT2D eigenvalue weighted by atomic mass is 32.2. The average Bonchev–Trinajstić information content (AvgIpc) is 3.01. The lowest BCUT2D eigenvalue weighted by atomic mass is 9.96. The van der Waals surface area contributed by atoms with Crippen LogP contribution in [0.25, 0.3) is 33.0 Å². The Morgan fingerprint density at radius 3 is 1.78 bits per heavy atom. The van der Waals surface area contributed by atoms with E-state index < -0.39 is 30.4 Å². The number of fused-ring (bicyclic) bond motifs is 1. The second-order valence-corrected chi connectivity index (χ2v) is 15.6. The topological polar surface area (TPSA) is 158 Å². The van der Waals surface area contributed by atoms with Gasteiger partial charge in [0.15, 0.2) is 23.0 Å². The SMILES string of the molecule is COc1cc(-c2ccc(OS(C)(=O)=O)cc2)c(OC)c(OS(C)(=O)=O)c1-c1ccc(OCc2ccc3ccccc3c2)c(OS(C)(=O)=O)c1. The molecule has 258 valence electrons. The third-order valence-corrected chi connectivity index (χ3v) is 8.40. The maximum atomic E-state index is 12.6. The molecule has 5 aromatic carbocycles. The molecule has 15 heteroatoms. The third-order valence-electron chi connectivity index (χ3n) is 6.95. The first-order chi connectivity index (χ1) is 23.0. The molecule has 12 nitrogen and oxygen atoms in total. The largest absolute Gasteiger partial charge is 0.496 e. The van der Waals surface area contributed by atoms with Gasteiger partial charge < -0.3 is 26.8 Å². The summed E-state index contributed by atoms with van der Waals surface area (Å²) in [7, 11) is -9.32. The molecule has 0 aliphatic heterocycles. The molecule has 5 aromatic rings. The van der Waals surface area contributed by atoms with Gasteiger partial charge >= 0.3 is 30.4 Å². The molecule has 0 unspecified atom stereocenters. The predicted octanol–water partition coefficient (Wildman–Crippen LogP) is 5.79. The van der Waals surface area contributed by atoms with Crippen LogP contribution in [0.5, 0.6) is 34.5 Å². The minimum atomic E-state index is -4.17. The van der Waals surface area contributed by atoms with Crippen molar-refractivity contribution in [1.29, 1.82) is 0 Å². The number of methoxy groups -OCH3 is 2. The Morgan fingerprint density at radius 2 is 1.16 bits per heavy atom. The van der Waals surface area contributed by atoms with Crippen molar-refractivity contribution in [2.75, 3.05) is 33.0 Å². The molecule has 49 heavy (non-hydrogen) atoms. The molecule has 0 aliphatic rings. The molecule has 0 radical (unpaired) electrons. The lowest BCUT2D eigenvalue weighted by Crippen LogP contribution is -2.10. The molecule has 0 N–H and O–H groups in total. The first-order valence-electron chi connectivity index (χ1n) is 14.4. The van der Waals surface area contributed by atoms with Crippen LogP contribution >= 0.6 is 0 Å². The van der Waals surface area contributed by atoms with E-state index in [1.807, 2.05) is 42.5 Å². The van der Waals surface area contributed by atoms with E-state index in [9.17, 15) is 25.3 Å². The zero-order valence-electron chi connectivity index (χ0n) is 27.0. The van der Waals surface area contributed by atoms with E-state index in [-0.39, 0.29) is 52.2 Å². The molecule has 5 rings (SSSR count). The quantitative estimate of drug-likeness (QED) is 0.135. The molecule has 0 amide bonds. The van der Waals surface area contributed by atoms with Crippen LogP contribution in [0.15, 0.2) is 91.0 Å². The van der Waals surface area contributed by atoms with Crippen molar-refractivity contribution in [3.05, 3.63) is 96.6 Å². The van der Waals surface area contributed by atoms with Crippen molar-refractivity contribution in [3.8, 4) is 56.8 Å². The Bertz CT molecular complexity index is 2350. The van der Waals surface area contributed by atoms with E-state index in [0.29, 0.717) is 11.1 Å². The molecule has 0 spiro atoms. The van der Waals surface area contributed by atoms with E-state index in [1.54, 1.807) is 24.3 Å². The normalized spacial score (nSPS) is 11.9. The number of hydrogen-bond acceptors (Lipinski definition) is 12. The minimum absolute atomic E-state index is 0.0137. The maximum Gasteiger partial charge on any atom is 0.306 e. The van der Waals surface area contributed by atoms with Crippen LogP contribution in [0.2, 0.25) is 0 Å². The molecular weight excluding hydrogens is 697 g/mol. The highest BCUT2D eigenvalue weighted by molar-refractivity contribution is 7.86. The molecule has 0 saturated heterocycles. The Balaban J connectivity index is 1.63. The van der Waals surface area contributed by atoms with E-state index >= 15 is 0 Å². The van der Waals surface area contributed by atoms with Gasteiger partial charge in [-0.2, -0.15) is 25.3 Å². The van der Waals surface area contributed by atoms with Crippen LogP contribution in [0.1, 0.15) is 5.56 Å². The zero-order valence-corrected chi connectivity index (χ0v) is 29.4. The summed E-state index contributed by atoms with van der Waals surface area (Å²) in [6.07, 6.45) is 2.66. The minimum Gasteiger partial charge on any atom is -0.496 e. The molecule has 0 aliphatic carbocycles. The predicted molar refractivity (Wildman–Crippen MR) is 185 cm³/mol. The second kappa shape index (κ2) is 13.9. The van der Waals surface area contributed by atoms with Gasteiger partial charge in [0.05, 0.1) is 38.6 Å². The summed E-state index contributed by atoms with van der Waals surface area (Å²) in [6.45, 7) is 0.0899. The smallest absolute Gasteiger partial charge is 0.306 e. The second-order valence-electron chi connectivity index (χ2n) is 10.9. The van der Waals surface area contributed by atoms with Gasteiger partial charge in [-0.25, -0.2) is 0 Å². The van der Waals surface area contributed by atoms with Crippen LogP contribution in [0.3, 0.4) is 0 Å². The van der Waals surface area contributed by atoms with Gasteiger partial charge in [0.2, 0.25) is 0 Å². The highest BCUT2D eigenvalue weighted by Crippen LogP contribution is 2.52. The van der Waals surface area contributed by atoms with Crippen molar-refractivity contribution in [1.82, 2.24) is 0 Å². The Kier molecular flexibility index (Phi) is 9.99. The fourth-order valence-corrected chi connectivity index (χ4v) is 6.44. The van der Waals surface area contributed by atoms with Crippen molar-refractivity contribution in [2.24, 2.45) is 0 Å². The van der Waals surface area contributed by atoms with Gasteiger partial charge in [-0.3, -0.25) is 0 Å². The van der Waals surface area contributed by atoms with Crippen LogP contribution in [-0.4, -0.2) is 58.2 Å². The van der Waals surface area contributed by atoms with Gasteiger partial charge in [0.25, 0.3) is 0 Å². The first kappa shape index (κ1) is 35.3. The van der Waals surface area contributed by atoms with Gasteiger partial charge in [-0.15, -0.1) is 0 Å². The lowest BCUT2D eigenvalue weighted by Gasteiger charge is -2.21. The summed E-state index contributed by atoms with van der Waals surface area (Å²) in [4.78, 5) is 0. The Hall–Kier alpha value is -4.99. The highest BCUT2D eigenvalue weighted by Gasteiger charge is 2.27. The number of hydrogen-bond donors (Lipinski definition) is 0. The Morgan fingerprint density at radius 1 is 0.531 bits per heavy atom. The first-order valence-corrected chi connectivity index (χ1v) is 19.8. The molecular formula is C34H32O12S3. The fourth-order valence-electron chi connectivity index (χ4n) is 5.06. The maximum absolute atomic E-state index is 12.6. The van der Waals surface area contributed by atoms with Gasteiger partial charge in [0.1, 0.15) is 18.1 Å². The van der Waals surface area contributed by atoms with Crippen LogP contribution in [0, 0.1) is 0 Å². The standard InChI is InChI=1S/C34H32O12S3/c1-41-31-20-28(24-12-15-27(16-13-24)44-47(3,35)36)33(42-2)34(46-49(5,39)40)32(31)26-14-17-29(30(19-26)45-48(4,37)38)43-21-22-10-11-23-8-6-7-9-25(23)18-22/h6-20H,21H2,1-5H3. The summed E-state index contributed by atoms with van der Waals surface area (Å²) < 4.78 is 106. The van der Waals surface area contributed by atoms with E-state index in [0.717, 1.165) is 35.1 Å². The molecule has 0 heterocycles. The number of rotatable bonds is 13. The third kappa shape index (κ3) is 8.93. The van der Waals surface area contributed by atoms with Crippen LogP contribution in [0.4, 0.5) is 0 Å². The van der Waals surface area contributed by atoms with Crippen LogP contribution in [-0.2, 0) is 37.0 Å². The summed E-state index contributed by atoms with van der Waals surface area (Å²) in [5.41, 5.74) is 1.98. The molecule has 0 fully saturated rings. The van der Waals surface area contributed by atoms with Crippen molar-refractivity contribution in [2.45, 2.75) is 6.61 Å². The lowest BCUT2D eigenvalue weighted by molar-refractivity contribution is 0.296. The monoisotopic (exact) mass is 728 g/mol. The van der Waals surface area contributed by atoms with E-state index in [4.69, 9.17) is 26.8 Å². The van der Waals surface area contributed by atoms with E-state index in [2.05, 4.69) is 0 Å². The van der Waals surface area contributed by atoms with Gasteiger partial charge in [-0.1, -0.05) is 54.6 Å². The molecule has 0 saturated carbocycles. The zero-order chi connectivity index (χ0) is 35.6. The van der Waals surface area contributed by atoms with Crippen molar-refractivity contribution >= 4 is 41.1 Å². The summed E-state index contributed by atoms with van der Waals surface area (Å²) >= 11 is 0. The van der Waals surface area contributed by atoms with Gasteiger partial charge in [0, 0.05) is 5.56 Å². The van der Waals surface area contributed by atoms with Crippen molar-refractivity contribution < 1.29 is 52.0 Å². The molecule has 0 aromatic heterocycles. The van der Waals surface area contributed by atoms with E-state index in [1.165, 1.54) is 38.5 Å². The molecule has 0 atom stereocenters. The number of ether oxygens (including phenoxy) is 3. The summed E-state index contributed by atoms with van der Waals surface area (Å²) in [5, 5.41) is 2.06. The number of benzene rings is 5. The molecule has 0 bridgehead atoms. The summed E-state index contributed by atoms with van der Waals surface area (Å²) in [5.74, 6) is -0.153. The fraction of sp³-hybridized carbons (Fsp3) is 0.176.